The molecule has 0 aliphatic heterocycles. The fourth-order valence-electron chi connectivity index (χ4n) is 2.33. The molecule has 0 aromatic heterocycles. The lowest BCUT2D eigenvalue weighted by atomic mass is 10.1. The minimum atomic E-state index is -3.81. The second-order valence-corrected chi connectivity index (χ2v) is 12.2. The standard InChI is InChI=1S/C12H26.2C6H6.2H3O3PS/c1-3-5-7-9-11-12-10-8-6-4-2;2*1-2-4-6-5-3-1;2*1-4(2,3)5/h3-12H2,1-2H3;2*1-6H;2*(H3,1,2,3,5). The van der Waals surface area contributed by atoms with E-state index >= 15 is 0 Å². The molecule has 10 heteroatoms. The average Bonchev–Trinajstić information content (AvgIpc) is 2.77. The predicted molar refractivity (Wildman–Crippen MR) is 152 cm³/mol. The van der Waals surface area contributed by atoms with E-state index in [1.807, 2.05) is 72.8 Å². The molecule has 0 aliphatic rings. The van der Waals surface area contributed by atoms with Crippen molar-refractivity contribution in [3.8, 4) is 0 Å². The first-order valence-corrected chi connectivity index (χ1v) is 16.8. The van der Waals surface area contributed by atoms with Crippen molar-refractivity contribution in [3.05, 3.63) is 72.8 Å². The topological polar surface area (TPSA) is 121 Å². The minimum absolute atomic E-state index is 1.37. The molecule has 2 rings (SSSR count). The number of rotatable bonds is 9. The summed E-state index contributed by atoms with van der Waals surface area (Å²) in [5, 5.41) is 0. The summed E-state index contributed by atoms with van der Waals surface area (Å²) in [4.78, 5) is 45.3. The molecule has 0 spiro atoms. The summed E-state index contributed by atoms with van der Waals surface area (Å²) >= 11 is 7.21. The van der Waals surface area contributed by atoms with Gasteiger partial charge in [-0.1, -0.05) is 151 Å². The maximum absolute atomic E-state index is 7.56. The van der Waals surface area contributed by atoms with Crippen molar-refractivity contribution >= 4 is 37.1 Å². The number of hydrogen-bond acceptors (Lipinski definition) is 2. The molecular formula is C24H44O6P2S2. The first-order valence-electron chi connectivity index (χ1n) is 11.5. The fraction of sp³-hybridized carbons (Fsp3) is 0.500. The Morgan fingerprint density at radius 3 is 0.618 bits per heavy atom. The molecule has 0 amide bonds. The number of hydrogen-bond donors (Lipinski definition) is 6. The Morgan fingerprint density at radius 1 is 0.382 bits per heavy atom. The van der Waals surface area contributed by atoms with Crippen LogP contribution in [0.25, 0.3) is 0 Å². The lowest BCUT2D eigenvalue weighted by molar-refractivity contribution is 0.361. The molecule has 0 saturated carbocycles. The zero-order valence-electron chi connectivity index (χ0n) is 20.4. The first-order chi connectivity index (χ1) is 15.9. The minimum Gasteiger partial charge on any atom is -0.325 e. The van der Waals surface area contributed by atoms with Crippen LogP contribution in [0.2, 0.25) is 0 Å². The third-order valence-corrected chi connectivity index (χ3v) is 3.79. The SMILES string of the molecule is CCCCCCCCCCCC.OP(O)(O)=S.OP(O)(O)=S.c1ccccc1.c1ccccc1. The Labute approximate surface area is 216 Å². The fourth-order valence-corrected chi connectivity index (χ4v) is 2.33. The van der Waals surface area contributed by atoms with Gasteiger partial charge in [0, 0.05) is 0 Å². The quantitative estimate of drug-likeness (QED) is 0.150. The molecule has 0 saturated heterocycles. The largest absolute Gasteiger partial charge is 0.325 e. The zero-order chi connectivity index (χ0) is 26.6. The van der Waals surface area contributed by atoms with Gasteiger partial charge in [-0.15, -0.1) is 0 Å². The summed E-state index contributed by atoms with van der Waals surface area (Å²) in [6.45, 7) is -3.05. The Morgan fingerprint density at radius 2 is 0.500 bits per heavy atom. The maximum Gasteiger partial charge on any atom is 0.319 e. The lowest BCUT2D eigenvalue weighted by Crippen LogP contribution is -1.80. The molecule has 0 bridgehead atoms. The summed E-state index contributed by atoms with van der Waals surface area (Å²) in [5.74, 6) is 0. The number of benzene rings is 2. The molecule has 0 atom stereocenters. The highest BCUT2D eigenvalue weighted by Crippen LogP contribution is 2.27. The van der Waals surface area contributed by atoms with Crippen molar-refractivity contribution in [1.29, 1.82) is 0 Å². The molecule has 34 heavy (non-hydrogen) atoms. The number of unbranched alkanes of at least 4 members (excludes halogenated alkanes) is 9. The van der Waals surface area contributed by atoms with E-state index in [1.165, 1.54) is 64.2 Å². The molecule has 0 fully saturated rings. The summed E-state index contributed by atoms with van der Waals surface area (Å²) in [6.07, 6.45) is 14.4. The lowest BCUT2D eigenvalue weighted by Gasteiger charge is -1.99. The van der Waals surface area contributed by atoms with Crippen LogP contribution in [0.1, 0.15) is 78.1 Å². The van der Waals surface area contributed by atoms with Gasteiger partial charge < -0.3 is 29.4 Å². The molecule has 6 N–H and O–H groups in total. The van der Waals surface area contributed by atoms with E-state index in [2.05, 4.69) is 37.5 Å². The molecular weight excluding hydrogens is 510 g/mol. The monoisotopic (exact) mass is 554 g/mol. The van der Waals surface area contributed by atoms with Gasteiger partial charge in [-0.3, -0.25) is 0 Å². The Kier molecular flexibility index (Phi) is 32.1. The van der Waals surface area contributed by atoms with Gasteiger partial charge in [0.25, 0.3) is 0 Å². The molecule has 198 valence electrons. The van der Waals surface area contributed by atoms with Crippen LogP contribution in [-0.2, 0) is 23.6 Å². The molecule has 0 heterocycles. The Bertz CT molecular complexity index is 566. The summed E-state index contributed by atoms with van der Waals surface area (Å²) in [6, 6.07) is 24.0. The molecule has 2 aromatic carbocycles. The van der Waals surface area contributed by atoms with Gasteiger partial charge >= 0.3 is 13.4 Å². The van der Waals surface area contributed by atoms with E-state index in [4.69, 9.17) is 29.4 Å². The van der Waals surface area contributed by atoms with E-state index in [9.17, 15) is 0 Å². The maximum atomic E-state index is 7.56. The van der Waals surface area contributed by atoms with Crippen molar-refractivity contribution in [1.82, 2.24) is 0 Å². The van der Waals surface area contributed by atoms with Crippen LogP contribution in [0.3, 0.4) is 0 Å². The zero-order valence-corrected chi connectivity index (χ0v) is 23.8. The highest BCUT2D eigenvalue weighted by molar-refractivity contribution is 8.06. The van der Waals surface area contributed by atoms with Gasteiger partial charge in [-0.05, 0) is 23.6 Å². The van der Waals surface area contributed by atoms with Crippen LogP contribution < -0.4 is 0 Å². The Hall–Kier alpha value is -0.500. The van der Waals surface area contributed by atoms with Crippen LogP contribution in [0.4, 0.5) is 0 Å². The van der Waals surface area contributed by atoms with Crippen LogP contribution in [0.5, 0.6) is 0 Å². The Balaban J connectivity index is -0.000000373. The van der Waals surface area contributed by atoms with Crippen molar-refractivity contribution in [2.45, 2.75) is 78.1 Å². The molecule has 0 aliphatic carbocycles. The van der Waals surface area contributed by atoms with Crippen LogP contribution in [-0.4, -0.2) is 29.4 Å². The van der Waals surface area contributed by atoms with E-state index in [0.717, 1.165) is 0 Å². The molecule has 2 aromatic rings. The van der Waals surface area contributed by atoms with Crippen molar-refractivity contribution in [2.24, 2.45) is 0 Å². The van der Waals surface area contributed by atoms with Crippen LogP contribution >= 0.6 is 13.4 Å². The summed E-state index contributed by atoms with van der Waals surface area (Å²) in [7, 11) is 0. The van der Waals surface area contributed by atoms with Crippen LogP contribution in [0, 0.1) is 0 Å². The van der Waals surface area contributed by atoms with Gasteiger partial charge in [-0.25, -0.2) is 0 Å². The summed E-state index contributed by atoms with van der Waals surface area (Å²) in [5.41, 5.74) is 0. The van der Waals surface area contributed by atoms with Crippen molar-refractivity contribution in [2.75, 3.05) is 0 Å². The highest BCUT2D eigenvalue weighted by atomic mass is 32.5. The molecule has 0 radical (unpaired) electrons. The second-order valence-electron chi connectivity index (χ2n) is 7.16. The third-order valence-electron chi connectivity index (χ3n) is 3.79. The average molecular weight is 555 g/mol. The van der Waals surface area contributed by atoms with E-state index in [1.54, 1.807) is 0 Å². The van der Waals surface area contributed by atoms with Crippen molar-refractivity contribution in [3.63, 3.8) is 0 Å². The van der Waals surface area contributed by atoms with Gasteiger partial charge in [-0.2, -0.15) is 0 Å². The summed E-state index contributed by atoms with van der Waals surface area (Å²) < 4.78 is 0. The first kappa shape index (κ1) is 38.0. The smallest absolute Gasteiger partial charge is 0.319 e. The highest BCUT2D eigenvalue weighted by Gasteiger charge is 1.93. The van der Waals surface area contributed by atoms with Gasteiger partial charge in [0.1, 0.15) is 0 Å². The van der Waals surface area contributed by atoms with E-state index < -0.39 is 13.4 Å². The van der Waals surface area contributed by atoms with E-state index in [0.29, 0.717) is 0 Å². The van der Waals surface area contributed by atoms with Crippen LogP contribution in [0.15, 0.2) is 72.8 Å². The molecule has 0 unspecified atom stereocenters. The van der Waals surface area contributed by atoms with Gasteiger partial charge in [0.2, 0.25) is 0 Å². The molecule has 6 nitrogen and oxygen atoms in total. The second kappa shape index (κ2) is 28.7. The van der Waals surface area contributed by atoms with Gasteiger partial charge in [0.05, 0.1) is 0 Å². The predicted octanol–water partition coefficient (Wildman–Crippen LogP) is 6.68. The normalized spacial score (nSPS) is 10.0. The van der Waals surface area contributed by atoms with E-state index in [-0.39, 0.29) is 0 Å². The van der Waals surface area contributed by atoms with Gasteiger partial charge in [0.15, 0.2) is 0 Å². The third kappa shape index (κ3) is 69.7. The van der Waals surface area contributed by atoms with Crippen molar-refractivity contribution < 1.29 is 29.4 Å².